The predicted octanol–water partition coefficient (Wildman–Crippen LogP) is 1.91. The minimum atomic E-state index is 0.366. The fraction of sp³-hybridized carbons (Fsp3) is 1.00. The summed E-state index contributed by atoms with van der Waals surface area (Å²) in [4.78, 5) is 4.93. The zero-order valence-corrected chi connectivity index (χ0v) is 15.1. The normalized spacial score (nSPS) is 21.4. The molecule has 0 bridgehead atoms. The number of likely N-dealkylation sites (N-methyl/N-ethyl adjacent to an activating group) is 1. The van der Waals surface area contributed by atoms with Crippen LogP contribution >= 0.6 is 0 Å². The SMILES string of the molecule is CC(C)CN(C)C[C@@H]1CN(CCNCC(C)(C)C)CCO1. The van der Waals surface area contributed by atoms with Gasteiger partial charge in [0, 0.05) is 45.8 Å². The average Bonchev–Trinajstić information content (AvgIpc) is 2.33. The molecule has 126 valence electrons. The van der Waals surface area contributed by atoms with Gasteiger partial charge in [0.25, 0.3) is 0 Å². The highest BCUT2D eigenvalue weighted by atomic mass is 16.5. The van der Waals surface area contributed by atoms with Crippen molar-refractivity contribution in [2.45, 2.75) is 40.7 Å². The van der Waals surface area contributed by atoms with Gasteiger partial charge in [0.05, 0.1) is 12.7 Å². The lowest BCUT2D eigenvalue weighted by Crippen LogP contribution is -2.49. The van der Waals surface area contributed by atoms with Crippen LogP contribution < -0.4 is 5.32 Å². The predicted molar refractivity (Wildman–Crippen MR) is 90.8 cm³/mol. The number of hydrogen-bond acceptors (Lipinski definition) is 4. The van der Waals surface area contributed by atoms with E-state index in [2.05, 4.69) is 56.8 Å². The third kappa shape index (κ3) is 9.46. The molecule has 0 unspecified atom stereocenters. The monoisotopic (exact) mass is 299 g/mol. The largest absolute Gasteiger partial charge is 0.374 e. The summed E-state index contributed by atoms with van der Waals surface area (Å²) >= 11 is 0. The second-order valence-electron chi connectivity index (χ2n) is 8.15. The summed E-state index contributed by atoms with van der Waals surface area (Å²) in [5, 5.41) is 3.56. The second kappa shape index (κ2) is 9.09. The lowest BCUT2D eigenvalue weighted by molar-refractivity contribution is -0.0409. The Hall–Kier alpha value is -0.160. The van der Waals surface area contributed by atoms with E-state index in [0.29, 0.717) is 11.5 Å². The van der Waals surface area contributed by atoms with Crippen molar-refractivity contribution < 1.29 is 4.74 Å². The van der Waals surface area contributed by atoms with Crippen molar-refractivity contribution in [3.05, 3.63) is 0 Å². The first-order valence-electron chi connectivity index (χ1n) is 8.49. The summed E-state index contributed by atoms with van der Waals surface area (Å²) in [6.07, 6.45) is 0.366. The number of rotatable bonds is 8. The highest BCUT2D eigenvalue weighted by Crippen LogP contribution is 2.10. The zero-order valence-electron chi connectivity index (χ0n) is 15.1. The van der Waals surface area contributed by atoms with Crippen LogP contribution in [0.5, 0.6) is 0 Å². The highest BCUT2D eigenvalue weighted by molar-refractivity contribution is 4.75. The van der Waals surface area contributed by atoms with Crippen LogP contribution in [0.3, 0.4) is 0 Å². The van der Waals surface area contributed by atoms with Crippen molar-refractivity contribution in [2.24, 2.45) is 11.3 Å². The Kier molecular flexibility index (Phi) is 8.17. The molecule has 1 aliphatic heterocycles. The Morgan fingerprint density at radius 2 is 2.05 bits per heavy atom. The van der Waals surface area contributed by atoms with E-state index in [1.807, 2.05) is 0 Å². The topological polar surface area (TPSA) is 27.7 Å². The maximum atomic E-state index is 5.92. The molecule has 4 nitrogen and oxygen atoms in total. The van der Waals surface area contributed by atoms with Gasteiger partial charge in [0.15, 0.2) is 0 Å². The van der Waals surface area contributed by atoms with E-state index in [4.69, 9.17) is 4.74 Å². The molecule has 0 amide bonds. The number of ether oxygens (including phenoxy) is 1. The molecule has 0 aromatic heterocycles. The number of hydrogen-bond donors (Lipinski definition) is 1. The Labute approximate surface area is 132 Å². The van der Waals surface area contributed by atoms with E-state index in [1.54, 1.807) is 0 Å². The summed E-state index contributed by atoms with van der Waals surface area (Å²) in [5.41, 5.74) is 0.368. The fourth-order valence-electron chi connectivity index (χ4n) is 2.84. The molecule has 0 aliphatic carbocycles. The van der Waals surface area contributed by atoms with Crippen LogP contribution in [-0.2, 0) is 4.74 Å². The smallest absolute Gasteiger partial charge is 0.0829 e. The van der Waals surface area contributed by atoms with Crippen LogP contribution in [-0.4, -0.2) is 75.4 Å². The minimum absolute atomic E-state index is 0.366. The lowest BCUT2D eigenvalue weighted by Gasteiger charge is -2.35. The molecule has 0 saturated carbocycles. The summed E-state index contributed by atoms with van der Waals surface area (Å²) < 4.78 is 5.92. The van der Waals surface area contributed by atoms with E-state index in [-0.39, 0.29) is 0 Å². The lowest BCUT2D eigenvalue weighted by atomic mass is 9.97. The molecule has 0 aromatic carbocycles. The minimum Gasteiger partial charge on any atom is -0.374 e. The summed E-state index contributed by atoms with van der Waals surface area (Å²) in [6.45, 7) is 19.8. The first kappa shape index (κ1) is 18.9. The quantitative estimate of drug-likeness (QED) is 0.693. The average molecular weight is 300 g/mol. The van der Waals surface area contributed by atoms with E-state index in [1.165, 1.54) is 0 Å². The van der Waals surface area contributed by atoms with E-state index in [0.717, 1.165) is 58.3 Å². The Morgan fingerprint density at radius 3 is 2.67 bits per heavy atom. The molecule has 1 atom stereocenters. The number of nitrogens with zero attached hydrogens (tertiary/aromatic N) is 2. The number of morpholine rings is 1. The van der Waals surface area contributed by atoms with Gasteiger partial charge in [-0.25, -0.2) is 0 Å². The fourth-order valence-corrected chi connectivity index (χ4v) is 2.84. The molecule has 1 N–H and O–H groups in total. The van der Waals surface area contributed by atoms with E-state index in [9.17, 15) is 0 Å². The molecule has 4 heteroatoms. The Bertz CT molecular complexity index is 276. The molecule has 0 aromatic rings. The van der Waals surface area contributed by atoms with E-state index < -0.39 is 0 Å². The standard InChI is InChI=1S/C17H37N3O/c1-15(2)11-19(6)12-16-13-20(9-10-21-16)8-7-18-14-17(3,4)5/h15-16,18H,7-14H2,1-6H3/t16-/m1/s1. The molecule has 1 rings (SSSR count). The third-order valence-electron chi connectivity index (χ3n) is 3.68. The molecule has 1 aliphatic rings. The van der Waals surface area contributed by atoms with Crippen LogP contribution in [0.15, 0.2) is 0 Å². The van der Waals surface area contributed by atoms with Crippen molar-refractivity contribution in [3.8, 4) is 0 Å². The molecule has 1 heterocycles. The summed E-state index contributed by atoms with van der Waals surface area (Å²) in [6, 6.07) is 0. The zero-order chi connectivity index (χ0) is 15.9. The van der Waals surface area contributed by atoms with Gasteiger partial charge in [-0.3, -0.25) is 4.90 Å². The van der Waals surface area contributed by atoms with Crippen LogP contribution in [0.4, 0.5) is 0 Å². The van der Waals surface area contributed by atoms with Gasteiger partial charge in [-0.2, -0.15) is 0 Å². The molecule has 1 saturated heterocycles. The molecular weight excluding hydrogens is 262 g/mol. The van der Waals surface area contributed by atoms with Crippen molar-refractivity contribution >= 4 is 0 Å². The first-order valence-corrected chi connectivity index (χ1v) is 8.49. The van der Waals surface area contributed by atoms with Gasteiger partial charge < -0.3 is 15.0 Å². The van der Waals surface area contributed by atoms with Gasteiger partial charge in [-0.1, -0.05) is 34.6 Å². The van der Waals surface area contributed by atoms with Gasteiger partial charge >= 0.3 is 0 Å². The van der Waals surface area contributed by atoms with Crippen molar-refractivity contribution in [1.82, 2.24) is 15.1 Å². The maximum Gasteiger partial charge on any atom is 0.0829 e. The second-order valence-corrected chi connectivity index (χ2v) is 8.15. The van der Waals surface area contributed by atoms with Crippen molar-refractivity contribution in [3.63, 3.8) is 0 Å². The molecule has 1 fully saturated rings. The van der Waals surface area contributed by atoms with Gasteiger partial charge in [0.2, 0.25) is 0 Å². The van der Waals surface area contributed by atoms with Gasteiger partial charge in [-0.15, -0.1) is 0 Å². The molecule has 21 heavy (non-hydrogen) atoms. The summed E-state index contributed by atoms with van der Waals surface area (Å²) in [5.74, 6) is 0.719. The molecule has 0 radical (unpaired) electrons. The highest BCUT2D eigenvalue weighted by Gasteiger charge is 2.21. The molecule has 0 spiro atoms. The van der Waals surface area contributed by atoms with E-state index >= 15 is 0 Å². The van der Waals surface area contributed by atoms with Gasteiger partial charge in [-0.05, 0) is 18.4 Å². The Balaban J connectivity index is 2.19. The maximum absolute atomic E-state index is 5.92. The molecular formula is C17H37N3O. The van der Waals surface area contributed by atoms with Gasteiger partial charge in [0.1, 0.15) is 0 Å². The third-order valence-corrected chi connectivity index (χ3v) is 3.68. The number of nitrogens with one attached hydrogen (secondary N) is 1. The van der Waals surface area contributed by atoms with Crippen molar-refractivity contribution in [1.29, 1.82) is 0 Å². The first-order chi connectivity index (χ1) is 9.76. The van der Waals surface area contributed by atoms with Crippen LogP contribution in [0.1, 0.15) is 34.6 Å². The van der Waals surface area contributed by atoms with Crippen LogP contribution in [0, 0.1) is 11.3 Å². The Morgan fingerprint density at radius 1 is 1.33 bits per heavy atom. The van der Waals surface area contributed by atoms with Crippen LogP contribution in [0.2, 0.25) is 0 Å². The van der Waals surface area contributed by atoms with Crippen molar-refractivity contribution in [2.75, 3.05) is 59.5 Å². The summed E-state index contributed by atoms with van der Waals surface area (Å²) in [7, 11) is 2.20. The van der Waals surface area contributed by atoms with Crippen LogP contribution in [0.25, 0.3) is 0 Å².